The number of likely N-dealkylation sites (tertiary alicyclic amines) is 3. The van der Waals surface area contributed by atoms with Gasteiger partial charge in [0.15, 0.2) is 0 Å². The lowest BCUT2D eigenvalue weighted by Gasteiger charge is -2.39. The Hall–Kier alpha value is -2.46. The summed E-state index contributed by atoms with van der Waals surface area (Å²) in [5.74, 6) is 0.298. The smallest absolute Gasteiger partial charge is 0.240 e. The van der Waals surface area contributed by atoms with Gasteiger partial charge in [-0.15, -0.1) is 0 Å². The van der Waals surface area contributed by atoms with Crippen molar-refractivity contribution in [1.82, 2.24) is 14.7 Å². The number of hydrogen-bond donors (Lipinski definition) is 0. The zero-order valence-corrected chi connectivity index (χ0v) is 17.7. The van der Waals surface area contributed by atoms with Crippen LogP contribution in [-0.4, -0.2) is 63.8 Å². The Balaban J connectivity index is 1.13. The fourth-order valence-corrected chi connectivity index (χ4v) is 6.73. The molecule has 0 N–H and O–H groups in total. The van der Waals surface area contributed by atoms with E-state index in [1.54, 1.807) is 6.07 Å². The summed E-state index contributed by atoms with van der Waals surface area (Å²) in [6.07, 6.45) is 4.32. The minimum absolute atomic E-state index is 0.0482. The summed E-state index contributed by atoms with van der Waals surface area (Å²) in [5.41, 5.74) is 2.11. The number of piperidine rings is 1. The Morgan fingerprint density at radius 2 is 2.13 bits per heavy atom. The van der Waals surface area contributed by atoms with Gasteiger partial charge in [0.2, 0.25) is 11.8 Å². The van der Waals surface area contributed by atoms with Crippen LogP contribution in [0.15, 0.2) is 18.2 Å². The van der Waals surface area contributed by atoms with E-state index in [0.29, 0.717) is 12.5 Å². The first-order valence-electron chi connectivity index (χ1n) is 11.5. The van der Waals surface area contributed by atoms with Gasteiger partial charge in [-0.25, -0.2) is 4.39 Å². The molecule has 6 rings (SSSR count). The van der Waals surface area contributed by atoms with Gasteiger partial charge in [-0.2, -0.15) is 5.26 Å². The average Bonchev–Trinajstić information content (AvgIpc) is 3.08. The maximum absolute atomic E-state index is 13.6. The molecule has 0 aromatic heterocycles. The number of carbonyl (C=O) groups is 2. The molecule has 5 aliphatic rings. The number of piperazine rings is 1. The molecule has 162 valence electrons. The van der Waals surface area contributed by atoms with Crippen molar-refractivity contribution in [2.24, 2.45) is 11.8 Å². The van der Waals surface area contributed by atoms with Crippen molar-refractivity contribution < 1.29 is 14.0 Å². The molecule has 2 bridgehead atoms. The molecule has 2 amide bonds. The first-order chi connectivity index (χ1) is 15.0. The molecule has 2 aliphatic carbocycles. The zero-order valence-electron chi connectivity index (χ0n) is 17.7. The fraction of sp³-hybridized carbons (Fsp3) is 0.625. The van der Waals surface area contributed by atoms with E-state index in [9.17, 15) is 19.2 Å². The third-order valence-electron chi connectivity index (χ3n) is 8.24. The molecule has 1 aromatic carbocycles. The summed E-state index contributed by atoms with van der Waals surface area (Å²) in [6.45, 7) is 3.29. The number of fused-ring (bicyclic) bond motifs is 4. The van der Waals surface area contributed by atoms with Gasteiger partial charge in [0.25, 0.3) is 0 Å². The van der Waals surface area contributed by atoms with Crippen LogP contribution in [0.5, 0.6) is 0 Å². The standard InChI is InChI=1S/C24H27FN4O2/c1-13(23(30)28-17(10-26)7-15-8-21(15)28)11-27-12-18-9-22(27)24(31)29(18)20-5-2-14-6-16(25)3-4-19(14)20/h3-4,6,13,15,17-18,20-22H,2,5,7-9,11-12H2,1H3/t13-,15+,17-,18+,20+,21?,22+/m0/s1. The molecule has 0 radical (unpaired) electrons. The van der Waals surface area contributed by atoms with Crippen molar-refractivity contribution in [3.63, 3.8) is 0 Å². The van der Waals surface area contributed by atoms with Gasteiger partial charge in [0.1, 0.15) is 11.9 Å². The van der Waals surface area contributed by atoms with Crippen LogP contribution in [0.3, 0.4) is 0 Å². The van der Waals surface area contributed by atoms with Gasteiger partial charge in [-0.3, -0.25) is 14.5 Å². The second-order valence-corrected chi connectivity index (χ2v) is 10.1. The van der Waals surface area contributed by atoms with Crippen molar-refractivity contribution in [3.8, 4) is 6.07 Å². The van der Waals surface area contributed by atoms with E-state index in [2.05, 4.69) is 11.0 Å². The molecule has 0 spiro atoms. The number of aryl methyl sites for hydroxylation is 1. The lowest BCUT2D eigenvalue weighted by Crippen LogP contribution is -2.53. The molecule has 3 saturated heterocycles. The Morgan fingerprint density at radius 3 is 2.90 bits per heavy atom. The van der Waals surface area contributed by atoms with Crippen molar-refractivity contribution in [1.29, 1.82) is 5.26 Å². The van der Waals surface area contributed by atoms with Crippen LogP contribution < -0.4 is 0 Å². The minimum Gasteiger partial charge on any atom is -0.330 e. The van der Waals surface area contributed by atoms with Crippen molar-refractivity contribution in [2.45, 2.75) is 69.2 Å². The summed E-state index contributed by atoms with van der Waals surface area (Å²) < 4.78 is 13.6. The molecule has 7 atom stereocenters. The van der Waals surface area contributed by atoms with Gasteiger partial charge < -0.3 is 9.80 Å². The Bertz CT molecular complexity index is 1010. The molecule has 31 heavy (non-hydrogen) atoms. The quantitative estimate of drug-likeness (QED) is 0.747. The van der Waals surface area contributed by atoms with Crippen LogP contribution in [0.1, 0.15) is 49.8 Å². The predicted molar refractivity (Wildman–Crippen MR) is 110 cm³/mol. The summed E-state index contributed by atoms with van der Waals surface area (Å²) in [7, 11) is 0. The highest BCUT2D eigenvalue weighted by Crippen LogP contribution is 2.48. The molecule has 1 unspecified atom stereocenters. The molecule has 7 heteroatoms. The van der Waals surface area contributed by atoms with E-state index < -0.39 is 0 Å². The van der Waals surface area contributed by atoms with Crippen LogP contribution in [0.2, 0.25) is 0 Å². The number of amides is 2. The summed E-state index contributed by atoms with van der Waals surface area (Å²) in [5, 5.41) is 9.40. The largest absolute Gasteiger partial charge is 0.330 e. The molecular weight excluding hydrogens is 395 g/mol. The van der Waals surface area contributed by atoms with Crippen LogP contribution >= 0.6 is 0 Å². The number of nitriles is 1. The molecule has 6 nitrogen and oxygen atoms in total. The maximum Gasteiger partial charge on any atom is 0.240 e. The Kier molecular flexibility index (Phi) is 4.20. The van der Waals surface area contributed by atoms with Crippen LogP contribution in [0.25, 0.3) is 0 Å². The van der Waals surface area contributed by atoms with Gasteiger partial charge in [0, 0.05) is 31.1 Å². The van der Waals surface area contributed by atoms with Gasteiger partial charge in [-0.05, 0) is 61.3 Å². The Morgan fingerprint density at radius 1 is 1.29 bits per heavy atom. The first-order valence-corrected chi connectivity index (χ1v) is 11.5. The van der Waals surface area contributed by atoms with Gasteiger partial charge in [-0.1, -0.05) is 13.0 Å². The van der Waals surface area contributed by atoms with Crippen LogP contribution in [0, 0.1) is 29.0 Å². The second kappa shape index (κ2) is 6.77. The highest BCUT2D eigenvalue weighted by molar-refractivity contribution is 5.87. The molecule has 1 aromatic rings. The average molecular weight is 423 g/mol. The topological polar surface area (TPSA) is 67.7 Å². The molecule has 1 saturated carbocycles. The third-order valence-corrected chi connectivity index (χ3v) is 8.24. The molecular formula is C24H27FN4O2. The van der Waals surface area contributed by atoms with Gasteiger partial charge in [0.05, 0.1) is 18.2 Å². The number of nitrogens with zero attached hydrogens (tertiary/aromatic N) is 4. The summed E-state index contributed by atoms with van der Waals surface area (Å²) in [4.78, 5) is 32.4. The number of carbonyl (C=O) groups excluding carboxylic acids is 2. The lowest BCUT2D eigenvalue weighted by molar-refractivity contribution is -0.142. The molecule has 3 heterocycles. The van der Waals surface area contributed by atoms with E-state index in [-0.39, 0.29) is 53.8 Å². The van der Waals surface area contributed by atoms with Crippen LogP contribution in [0.4, 0.5) is 4.39 Å². The van der Waals surface area contributed by atoms with E-state index in [4.69, 9.17) is 0 Å². The zero-order chi connectivity index (χ0) is 21.4. The lowest BCUT2D eigenvalue weighted by atomic mass is 10.0. The summed E-state index contributed by atoms with van der Waals surface area (Å²) in [6, 6.07) is 7.26. The summed E-state index contributed by atoms with van der Waals surface area (Å²) >= 11 is 0. The van der Waals surface area contributed by atoms with E-state index >= 15 is 0 Å². The van der Waals surface area contributed by atoms with Crippen molar-refractivity contribution in [3.05, 3.63) is 35.1 Å². The molecule has 3 aliphatic heterocycles. The maximum atomic E-state index is 13.6. The van der Waals surface area contributed by atoms with E-state index in [1.165, 1.54) is 6.07 Å². The second-order valence-electron chi connectivity index (χ2n) is 10.1. The fourth-order valence-electron chi connectivity index (χ4n) is 6.73. The number of halogens is 1. The van der Waals surface area contributed by atoms with Crippen molar-refractivity contribution >= 4 is 11.8 Å². The predicted octanol–water partition coefficient (Wildman–Crippen LogP) is 2.25. The van der Waals surface area contributed by atoms with Gasteiger partial charge >= 0.3 is 0 Å². The number of hydrogen-bond acceptors (Lipinski definition) is 4. The Labute approximate surface area is 181 Å². The van der Waals surface area contributed by atoms with Crippen LogP contribution in [-0.2, 0) is 16.0 Å². The van der Waals surface area contributed by atoms with E-state index in [0.717, 1.165) is 49.8 Å². The third kappa shape index (κ3) is 2.84. The molecule has 4 fully saturated rings. The SMILES string of the molecule is C[C@@H](CN1C[C@H]2C[C@@H]1C(=O)N2[C@@H]1CCc2cc(F)ccc21)C(=O)N1C2C[C@H]2C[C@H]1C#N. The van der Waals surface area contributed by atoms with Crippen molar-refractivity contribution in [2.75, 3.05) is 13.1 Å². The number of rotatable bonds is 4. The van der Waals surface area contributed by atoms with E-state index in [1.807, 2.05) is 22.8 Å². The highest BCUT2D eigenvalue weighted by atomic mass is 19.1. The monoisotopic (exact) mass is 422 g/mol. The highest BCUT2D eigenvalue weighted by Gasteiger charge is 2.56. The normalized spacial score (nSPS) is 36.5. The number of benzene rings is 1. The minimum atomic E-state index is -0.280. The first kappa shape index (κ1) is 19.2.